The third kappa shape index (κ3) is 3.89. The molecular weight excluding hydrogens is 350 g/mol. The Hall–Kier alpha value is -2.78. The van der Waals surface area contributed by atoms with Crippen LogP contribution in [0.15, 0.2) is 36.7 Å². The van der Waals surface area contributed by atoms with E-state index in [4.69, 9.17) is 11.6 Å². The van der Waals surface area contributed by atoms with Gasteiger partial charge in [0.05, 0.1) is 17.4 Å². The lowest BCUT2D eigenvalue weighted by molar-refractivity contribution is 0.208. The standard InChI is InChI=1S/C19H20ClN5O/c1-2-14-3-4-16(11-17(14)20)23-19(26)25-9-7-24(8-10-25)18-13-22-6-5-15(18)12-21/h3-6,11,13H,2,7-10H2,1H3,(H,23,26). The van der Waals surface area contributed by atoms with Crippen LogP contribution in [-0.2, 0) is 6.42 Å². The summed E-state index contributed by atoms with van der Waals surface area (Å²) in [5, 5.41) is 12.8. The van der Waals surface area contributed by atoms with E-state index < -0.39 is 0 Å². The van der Waals surface area contributed by atoms with Crippen LogP contribution in [0.25, 0.3) is 0 Å². The number of nitrogens with one attached hydrogen (secondary N) is 1. The zero-order valence-electron chi connectivity index (χ0n) is 14.6. The third-order valence-corrected chi connectivity index (χ3v) is 4.87. The number of piperazine rings is 1. The highest BCUT2D eigenvalue weighted by Gasteiger charge is 2.23. The van der Waals surface area contributed by atoms with Gasteiger partial charge in [-0.1, -0.05) is 24.6 Å². The van der Waals surface area contributed by atoms with Crippen LogP contribution in [0.1, 0.15) is 18.1 Å². The summed E-state index contributed by atoms with van der Waals surface area (Å²) in [6, 6.07) is 9.33. The van der Waals surface area contributed by atoms with Crippen molar-refractivity contribution in [2.45, 2.75) is 13.3 Å². The lowest BCUT2D eigenvalue weighted by Crippen LogP contribution is -2.50. The smallest absolute Gasteiger partial charge is 0.321 e. The number of carbonyl (C=O) groups is 1. The fraction of sp³-hybridized carbons (Fsp3) is 0.316. The average molecular weight is 370 g/mol. The Morgan fingerprint density at radius 1 is 1.31 bits per heavy atom. The minimum Gasteiger partial charge on any atom is -0.366 e. The summed E-state index contributed by atoms with van der Waals surface area (Å²) >= 11 is 6.21. The Morgan fingerprint density at radius 2 is 2.08 bits per heavy atom. The molecule has 1 fully saturated rings. The number of nitriles is 1. The molecule has 2 aromatic rings. The number of hydrogen-bond donors (Lipinski definition) is 1. The monoisotopic (exact) mass is 369 g/mol. The van der Waals surface area contributed by atoms with E-state index in [9.17, 15) is 10.1 Å². The van der Waals surface area contributed by atoms with Crippen LogP contribution < -0.4 is 10.2 Å². The highest BCUT2D eigenvalue weighted by atomic mass is 35.5. The molecule has 0 bridgehead atoms. The summed E-state index contributed by atoms with van der Waals surface area (Å²) in [7, 11) is 0. The molecule has 0 saturated carbocycles. The molecule has 2 heterocycles. The highest BCUT2D eigenvalue weighted by molar-refractivity contribution is 6.31. The van der Waals surface area contributed by atoms with Crippen molar-refractivity contribution >= 4 is 29.0 Å². The number of aryl methyl sites for hydroxylation is 1. The minimum absolute atomic E-state index is 0.142. The molecule has 3 rings (SSSR count). The first-order chi connectivity index (χ1) is 12.6. The van der Waals surface area contributed by atoms with Crippen molar-refractivity contribution in [3.8, 4) is 6.07 Å². The molecule has 0 atom stereocenters. The van der Waals surface area contributed by atoms with Crippen molar-refractivity contribution in [1.82, 2.24) is 9.88 Å². The fourth-order valence-corrected chi connectivity index (χ4v) is 3.31. The number of halogens is 1. The number of anilines is 2. The summed E-state index contributed by atoms with van der Waals surface area (Å²) in [5.41, 5.74) is 3.17. The molecular formula is C19H20ClN5O. The van der Waals surface area contributed by atoms with Gasteiger partial charge in [0.25, 0.3) is 0 Å². The quantitative estimate of drug-likeness (QED) is 0.898. The van der Waals surface area contributed by atoms with Gasteiger partial charge in [-0.2, -0.15) is 5.26 Å². The van der Waals surface area contributed by atoms with E-state index >= 15 is 0 Å². The number of carbonyl (C=O) groups excluding carboxylic acids is 1. The Balaban J connectivity index is 1.60. The zero-order chi connectivity index (χ0) is 18.5. The number of hydrogen-bond acceptors (Lipinski definition) is 4. The second-order valence-electron chi connectivity index (χ2n) is 6.07. The molecule has 0 aliphatic carbocycles. The van der Waals surface area contributed by atoms with Gasteiger partial charge in [0, 0.05) is 43.1 Å². The summed E-state index contributed by atoms with van der Waals surface area (Å²) in [6.07, 6.45) is 4.17. The van der Waals surface area contributed by atoms with Gasteiger partial charge in [-0.15, -0.1) is 0 Å². The van der Waals surface area contributed by atoms with Gasteiger partial charge in [0.15, 0.2) is 0 Å². The van der Waals surface area contributed by atoms with Crippen LogP contribution in [0.2, 0.25) is 5.02 Å². The maximum atomic E-state index is 12.5. The number of rotatable bonds is 3. The van der Waals surface area contributed by atoms with E-state index in [2.05, 4.69) is 21.3 Å². The van der Waals surface area contributed by atoms with Crippen LogP contribution in [0.4, 0.5) is 16.2 Å². The van der Waals surface area contributed by atoms with Crippen molar-refractivity contribution in [1.29, 1.82) is 5.26 Å². The van der Waals surface area contributed by atoms with E-state index in [1.165, 1.54) is 0 Å². The number of urea groups is 1. The predicted octanol–water partition coefficient (Wildman–Crippen LogP) is 3.52. The van der Waals surface area contributed by atoms with Crippen molar-refractivity contribution in [3.63, 3.8) is 0 Å². The summed E-state index contributed by atoms with van der Waals surface area (Å²) in [6.45, 7) is 4.50. The highest BCUT2D eigenvalue weighted by Crippen LogP contribution is 2.23. The van der Waals surface area contributed by atoms with E-state index in [1.807, 2.05) is 19.1 Å². The molecule has 26 heavy (non-hydrogen) atoms. The lowest BCUT2D eigenvalue weighted by Gasteiger charge is -2.36. The topological polar surface area (TPSA) is 72.3 Å². The number of amides is 2. The summed E-state index contributed by atoms with van der Waals surface area (Å²) in [4.78, 5) is 20.4. The minimum atomic E-state index is -0.142. The van der Waals surface area contributed by atoms with Gasteiger partial charge in [-0.3, -0.25) is 4.98 Å². The van der Waals surface area contributed by atoms with E-state index in [-0.39, 0.29) is 6.03 Å². The maximum absolute atomic E-state index is 12.5. The van der Waals surface area contributed by atoms with Crippen LogP contribution in [0, 0.1) is 11.3 Å². The third-order valence-electron chi connectivity index (χ3n) is 4.51. The van der Waals surface area contributed by atoms with Crippen molar-refractivity contribution in [2.24, 2.45) is 0 Å². The molecule has 1 saturated heterocycles. The summed E-state index contributed by atoms with van der Waals surface area (Å²) in [5.74, 6) is 0. The van der Waals surface area contributed by atoms with Gasteiger partial charge in [-0.25, -0.2) is 4.79 Å². The molecule has 1 aromatic heterocycles. The van der Waals surface area contributed by atoms with Crippen molar-refractivity contribution in [3.05, 3.63) is 52.8 Å². The van der Waals surface area contributed by atoms with E-state index in [1.54, 1.807) is 29.4 Å². The first-order valence-corrected chi connectivity index (χ1v) is 8.93. The van der Waals surface area contributed by atoms with Gasteiger partial charge in [-0.05, 0) is 30.2 Å². The zero-order valence-corrected chi connectivity index (χ0v) is 15.3. The van der Waals surface area contributed by atoms with Gasteiger partial charge >= 0.3 is 6.03 Å². The Kier molecular flexibility index (Phi) is 5.59. The Labute approximate surface area is 158 Å². The molecule has 1 aromatic carbocycles. The molecule has 2 amide bonds. The van der Waals surface area contributed by atoms with Crippen molar-refractivity contribution in [2.75, 3.05) is 36.4 Å². The molecule has 1 aliphatic heterocycles. The Bertz CT molecular complexity index is 840. The largest absolute Gasteiger partial charge is 0.366 e. The van der Waals surface area contributed by atoms with Crippen LogP contribution >= 0.6 is 11.6 Å². The predicted molar refractivity (Wildman–Crippen MR) is 103 cm³/mol. The first-order valence-electron chi connectivity index (χ1n) is 8.55. The molecule has 0 unspecified atom stereocenters. The normalized spacial score (nSPS) is 14.0. The van der Waals surface area contributed by atoms with Gasteiger partial charge < -0.3 is 15.1 Å². The lowest BCUT2D eigenvalue weighted by atomic mass is 10.1. The molecule has 7 heteroatoms. The number of pyridine rings is 1. The fourth-order valence-electron chi connectivity index (χ4n) is 3.00. The molecule has 1 aliphatic rings. The molecule has 1 N–H and O–H groups in total. The second-order valence-corrected chi connectivity index (χ2v) is 6.48. The molecule has 0 spiro atoms. The van der Waals surface area contributed by atoms with Gasteiger partial charge in [0.1, 0.15) is 6.07 Å². The number of nitrogens with zero attached hydrogens (tertiary/aromatic N) is 4. The second kappa shape index (κ2) is 8.07. The van der Waals surface area contributed by atoms with Crippen molar-refractivity contribution < 1.29 is 4.79 Å². The SMILES string of the molecule is CCc1ccc(NC(=O)N2CCN(c3cnccc3C#N)CC2)cc1Cl. The molecule has 6 nitrogen and oxygen atoms in total. The first kappa shape index (κ1) is 18.0. The van der Waals surface area contributed by atoms with Crippen LogP contribution in [-0.4, -0.2) is 42.1 Å². The number of aromatic nitrogens is 1. The van der Waals surface area contributed by atoms with Crippen LogP contribution in [0.3, 0.4) is 0 Å². The Morgan fingerprint density at radius 3 is 2.73 bits per heavy atom. The number of benzene rings is 1. The molecule has 0 radical (unpaired) electrons. The average Bonchev–Trinajstić information content (AvgIpc) is 2.68. The van der Waals surface area contributed by atoms with E-state index in [0.717, 1.165) is 17.7 Å². The summed E-state index contributed by atoms with van der Waals surface area (Å²) < 4.78 is 0. The maximum Gasteiger partial charge on any atom is 0.321 e. The van der Waals surface area contributed by atoms with Gasteiger partial charge in [0.2, 0.25) is 0 Å². The molecule has 134 valence electrons. The van der Waals surface area contributed by atoms with Crippen LogP contribution in [0.5, 0.6) is 0 Å². The van der Waals surface area contributed by atoms with E-state index in [0.29, 0.717) is 42.5 Å².